The number of nitriles is 1. The van der Waals surface area contributed by atoms with Gasteiger partial charge in [0.15, 0.2) is 5.76 Å². The molecule has 0 atom stereocenters. The summed E-state index contributed by atoms with van der Waals surface area (Å²) in [5.41, 5.74) is 0.908. The Balaban J connectivity index is 2.18. The number of thioether (sulfide) groups is 1. The standard InChI is InChI=1S/C13H8BrNO2S/c14-10-3-1-9(2-4-10)12-5-6-13(17-12)11(16)7-18-8-15/h1-6H,7H2. The predicted molar refractivity (Wildman–Crippen MR) is 74.2 cm³/mol. The molecule has 0 saturated heterocycles. The van der Waals surface area contributed by atoms with Crippen molar-refractivity contribution >= 4 is 33.5 Å². The van der Waals surface area contributed by atoms with E-state index in [1.807, 2.05) is 29.7 Å². The number of hydrogen-bond donors (Lipinski definition) is 0. The summed E-state index contributed by atoms with van der Waals surface area (Å²) >= 11 is 4.26. The molecular weight excluding hydrogens is 314 g/mol. The average molecular weight is 322 g/mol. The normalized spacial score (nSPS) is 10.0. The van der Waals surface area contributed by atoms with E-state index in [0.717, 1.165) is 21.8 Å². The maximum atomic E-state index is 11.6. The van der Waals surface area contributed by atoms with E-state index in [1.165, 1.54) is 0 Å². The van der Waals surface area contributed by atoms with E-state index in [9.17, 15) is 4.79 Å². The first-order valence-electron chi connectivity index (χ1n) is 5.10. The summed E-state index contributed by atoms with van der Waals surface area (Å²) in [5.74, 6) is 0.873. The molecule has 0 bridgehead atoms. The number of hydrogen-bond acceptors (Lipinski definition) is 4. The number of nitrogens with zero attached hydrogens (tertiary/aromatic N) is 1. The van der Waals surface area contributed by atoms with Gasteiger partial charge in [-0.25, -0.2) is 0 Å². The molecule has 5 heteroatoms. The molecule has 0 aliphatic heterocycles. The Labute approximate surface area is 117 Å². The van der Waals surface area contributed by atoms with Crippen molar-refractivity contribution in [3.63, 3.8) is 0 Å². The number of Topliss-reactive ketones (excluding diaryl/α,β-unsaturated/α-hetero) is 1. The first-order chi connectivity index (χ1) is 8.70. The molecule has 90 valence electrons. The van der Waals surface area contributed by atoms with Crippen LogP contribution in [0, 0.1) is 10.7 Å². The van der Waals surface area contributed by atoms with Crippen molar-refractivity contribution in [3.05, 3.63) is 46.6 Å². The Morgan fingerprint density at radius 3 is 2.67 bits per heavy atom. The second kappa shape index (κ2) is 5.89. The van der Waals surface area contributed by atoms with Crippen LogP contribution in [0.2, 0.25) is 0 Å². The Bertz CT molecular complexity index is 598. The third-order valence-corrected chi connectivity index (χ3v) is 3.34. The minimum Gasteiger partial charge on any atom is -0.453 e. The van der Waals surface area contributed by atoms with Gasteiger partial charge in [-0.15, -0.1) is 0 Å². The average Bonchev–Trinajstić information content (AvgIpc) is 2.86. The number of rotatable bonds is 4. The molecule has 3 nitrogen and oxygen atoms in total. The van der Waals surface area contributed by atoms with Crippen LogP contribution in [0.3, 0.4) is 0 Å². The Morgan fingerprint density at radius 1 is 1.28 bits per heavy atom. The van der Waals surface area contributed by atoms with E-state index < -0.39 is 0 Å². The largest absolute Gasteiger partial charge is 0.453 e. The molecule has 2 aromatic rings. The van der Waals surface area contributed by atoms with Crippen LogP contribution in [0.4, 0.5) is 0 Å². The summed E-state index contributed by atoms with van der Waals surface area (Å²) in [7, 11) is 0. The molecular formula is C13H8BrNO2S. The van der Waals surface area contributed by atoms with E-state index in [-0.39, 0.29) is 17.3 Å². The van der Waals surface area contributed by atoms with Crippen LogP contribution in [0.15, 0.2) is 45.3 Å². The molecule has 2 rings (SSSR count). The zero-order chi connectivity index (χ0) is 13.0. The van der Waals surface area contributed by atoms with Crippen LogP contribution >= 0.6 is 27.7 Å². The lowest BCUT2D eigenvalue weighted by molar-refractivity contribution is 0.0993. The SMILES string of the molecule is N#CSCC(=O)c1ccc(-c2ccc(Br)cc2)o1. The molecule has 0 fully saturated rings. The number of carbonyl (C=O) groups excluding carboxylic acids is 1. The maximum Gasteiger partial charge on any atom is 0.208 e. The van der Waals surface area contributed by atoms with Gasteiger partial charge in [0.1, 0.15) is 11.2 Å². The molecule has 0 aliphatic carbocycles. The van der Waals surface area contributed by atoms with Gasteiger partial charge in [-0.3, -0.25) is 4.79 Å². The summed E-state index contributed by atoms with van der Waals surface area (Å²) in [6.07, 6.45) is 0. The van der Waals surface area contributed by atoms with Crippen molar-refractivity contribution in [3.8, 4) is 16.7 Å². The second-order valence-corrected chi connectivity index (χ2v) is 5.15. The first-order valence-corrected chi connectivity index (χ1v) is 6.88. The summed E-state index contributed by atoms with van der Waals surface area (Å²) < 4.78 is 6.47. The maximum absolute atomic E-state index is 11.6. The molecule has 0 aliphatic rings. The van der Waals surface area contributed by atoms with E-state index >= 15 is 0 Å². The zero-order valence-corrected chi connectivity index (χ0v) is 11.6. The minimum absolute atomic E-state index is 0.115. The van der Waals surface area contributed by atoms with Crippen LogP contribution in [0.25, 0.3) is 11.3 Å². The van der Waals surface area contributed by atoms with Crippen LogP contribution in [-0.4, -0.2) is 11.5 Å². The van der Waals surface area contributed by atoms with Crippen molar-refractivity contribution in [2.24, 2.45) is 0 Å². The van der Waals surface area contributed by atoms with E-state index in [1.54, 1.807) is 12.1 Å². The smallest absolute Gasteiger partial charge is 0.208 e. The molecule has 0 unspecified atom stereocenters. The number of halogens is 1. The fourth-order valence-corrected chi connectivity index (χ4v) is 2.03. The molecule has 0 spiro atoms. The van der Waals surface area contributed by atoms with Gasteiger partial charge in [-0.05, 0) is 36.0 Å². The van der Waals surface area contributed by atoms with Gasteiger partial charge in [-0.2, -0.15) is 5.26 Å². The topological polar surface area (TPSA) is 54.0 Å². The summed E-state index contributed by atoms with van der Waals surface area (Å²) in [4.78, 5) is 11.6. The van der Waals surface area contributed by atoms with Crippen molar-refractivity contribution in [1.29, 1.82) is 5.26 Å². The summed E-state index contributed by atoms with van der Waals surface area (Å²) in [5, 5.41) is 10.3. The van der Waals surface area contributed by atoms with Gasteiger partial charge in [0.05, 0.1) is 5.75 Å². The lowest BCUT2D eigenvalue weighted by Gasteiger charge is -1.97. The third-order valence-electron chi connectivity index (χ3n) is 2.28. The monoisotopic (exact) mass is 321 g/mol. The van der Waals surface area contributed by atoms with Crippen LogP contribution in [0.5, 0.6) is 0 Å². The second-order valence-electron chi connectivity index (χ2n) is 3.47. The number of furan rings is 1. The minimum atomic E-state index is -0.176. The van der Waals surface area contributed by atoms with E-state index in [2.05, 4.69) is 15.9 Å². The van der Waals surface area contributed by atoms with Gasteiger partial charge < -0.3 is 4.42 Å². The molecule has 0 radical (unpaired) electrons. The molecule has 0 N–H and O–H groups in total. The van der Waals surface area contributed by atoms with Crippen LogP contribution in [-0.2, 0) is 0 Å². The fourth-order valence-electron chi connectivity index (χ4n) is 1.43. The Kier molecular flexibility index (Phi) is 4.24. The van der Waals surface area contributed by atoms with Crippen molar-refractivity contribution in [1.82, 2.24) is 0 Å². The molecule has 0 saturated carbocycles. The van der Waals surface area contributed by atoms with Gasteiger partial charge in [0.25, 0.3) is 0 Å². The first kappa shape index (κ1) is 12.9. The van der Waals surface area contributed by atoms with Crippen LogP contribution < -0.4 is 0 Å². The highest BCUT2D eigenvalue weighted by molar-refractivity contribution is 9.10. The fraction of sp³-hybridized carbons (Fsp3) is 0.0769. The lowest BCUT2D eigenvalue weighted by atomic mass is 10.2. The number of carbonyl (C=O) groups is 1. The Morgan fingerprint density at radius 2 is 2.00 bits per heavy atom. The van der Waals surface area contributed by atoms with E-state index in [4.69, 9.17) is 9.68 Å². The number of ketones is 1. The molecule has 1 aromatic heterocycles. The molecule has 18 heavy (non-hydrogen) atoms. The van der Waals surface area contributed by atoms with Gasteiger partial charge in [0.2, 0.25) is 5.78 Å². The van der Waals surface area contributed by atoms with Gasteiger partial charge in [0, 0.05) is 10.0 Å². The zero-order valence-electron chi connectivity index (χ0n) is 9.22. The number of benzene rings is 1. The third kappa shape index (κ3) is 3.03. The van der Waals surface area contributed by atoms with Crippen molar-refractivity contribution in [2.75, 3.05) is 5.75 Å². The lowest BCUT2D eigenvalue weighted by Crippen LogP contribution is -1.99. The van der Waals surface area contributed by atoms with Crippen molar-refractivity contribution < 1.29 is 9.21 Å². The molecule has 0 amide bonds. The van der Waals surface area contributed by atoms with Gasteiger partial charge >= 0.3 is 0 Å². The summed E-state index contributed by atoms with van der Waals surface area (Å²) in [6, 6.07) is 11.0. The van der Waals surface area contributed by atoms with Crippen LogP contribution in [0.1, 0.15) is 10.6 Å². The molecule has 1 aromatic carbocycles. The quantitative estimate of drug-likeness (QED) is 0.628. The predicted octanol–water partition coefficient (Wildman–Crippen LogP) is 4.11. The van der Waals surface area contributed by atoms with Gasteiger partial charge in [-0.1, -0.05) is 28.1 Å². The van der Waals surface area contributed by atoms with Crippen molar-refractivity contribution in [2.45, 2.75) is 0 Å². The highest BCUT2D eigenvalue weighted by atomic mass is 79.9. The molecule has 1 heterocycles. The summed E-state index contributed by atoms with van der Waals surface area (Å²) in [6.45, 7) is 0. The highest BCUT2D eigenvalue weighted by Gasteiger charge is 2.12. The number of thiocyanates is 1. The Hall–Kier alpha value is -1.51. The highest BCUT2D eigenvalue weighted by Crippen LogP contribution is 2.24. The van der Waals surface area contributed by atoms with E-state index in [0.29, 0.717) is 5.76 Å².